The van der Waals surface area contributed by atoms with Gasteiger partial charge in [-0.15, -0.1) is 0 Å². The Labute approximate surface area is 332 Å². The summed E-state index contributed by atoms with van der Waals surface area (Å²) >= 11 is 0. The van der Waals surface area contributed by atoms with Crippen LogP contribution in [0.2, 0.25) is 0 Å². The lowest BCUT2D eigenvalue weighted by atomic mass is 9.67. The summed E-state index contributed by atoms with van der Waals surface area (Å²) < 4.78 is 13.0. The summed E-state index contributed by atoms with van der Waals surface area (Å²) in [4.78, 5) is 39.3. The average Bonchev–Trinajstić information content (AvgIpc) is 3.53. The standard InChI is InChI=1S/C46H75N3O6/c1-2-38(30-9-5-3-6-10-30)44(31-11-17-36(50)18-12-31)32-13-19-37(20-14-32)54-25-7-4-8-26-55-42-28-34(16-22-40(42)47)33-15-21-39-35(27-33)29-49(46(39)53)41-23-24-43(51)48-45(41)52/h30-37,39-42,50H,2-29,47H2,1H3,(H,48,51,52)/b44-38-. The minimum Gasteiger partial charge on any atom is -0.393 e. The number of hydrogen-bond acceptors (Lipinski definition) is 7. The normalized spacial score (nSPS) is 38.4. The number of allylic oxidation sites excluding steroid dienone is 2. The molecular weight excluding hydrogens is 691 g/mol. The van der Waals surface area contributed by atoms with Crippen LogP contribution in [0.15, 0.2) is 11.1 Å². The molecule has 7 aliphatic rings. The second-order valence-electron chi connectivity index (χ2n) is 19.1. The van der Waals surface area contributed by atoms with Crippen LogP contribution in [0.25, 0.3) is 0 Å². The summed E-state index contributed by atoms with van der Waals surface area (Å²) in [5, 5.41) is 12.7. The van der Waals surface area contributed by atoms with E-state index in [2.05, 4.69) is 12.2 Å². The molecule has 0 aromatic carbocycles. The molecule has 7 rings (SSSR count). The van der Waals surface area contributed by atoms with Crippen molar-refractivity contribution in [1.82, 2.24) is 10.2 Å². The number of fused-ring (bicyclic) bond motifs is 1. The van der Waals surface area contributed by atoms with Gasteiger partial charge < -0.3 is 25.2 Å². The third kappa shape index (κ3) is 10.3. The molecule has 9 heteroatoms. The number of ether oxygens (including phenoxy) is 2. The number of unbranched alkanes of at least 4 members (excludes halogenated alkanes) is 2. The van der Waals surface area contributed by atoms with Crippen LogP contribution >= 0.6 is 0 Å². The number of nitrogens with one attached hydrogen (secondary N) is 1. The molecule has 7 atom stereocenters. The van der Waals surface area contributed by atoms with E-state index >= 15 is 0 Å². The zero-order chi connectivity index (χ0) is 38.3. The van der Waals surface area contributed by atoms with E-state index in [0.29, 0.717) is 49.2 Å². The van der Waals surface area contributed by atoms with Crippen LogP contribution in [0.3, 0.4) is 0 Å². The predicted octanol–water partition coefficient (Wildman–Crippen LogP) is 7.76. The number of hydrogen-bond donors (Lipinski definition) is 3. The number of carbonyl (C=O) groups excluding carboxylic acids is 3. The lowest BCUT2D eigenvalue weighted by Gasteiger charge is -2.41. The molecule has 3 amide bonds. The largest absolute Gasteiger partial charge is 0.393 e. The number of rotatable bonds is 14. The first-order valence-corrected chi connectivity index (χ1v) is 23.3. The zero-order valence-electron chi connectivity index (χ0n) is 34.2. The summed E-state index contributed by atoms with van der Waals surface area (Å²) in [6, 6.07) is -0.395. The first-order valence-electron chi connectivity index (χ1n) is 23.3. The quantitative estimate of drug-likeness (QED) is 0.0936. The van der Waals surface area contributed by atoms with Gasteiger partial charge in [0, 0.05) is 38.1 Å². The summed E-state index contributed by atoms with van der Waals surface area (Å²) in [5.41, 5.74) is 10.3. The minimum absolute atomic E-state index is 0.0244. The van der Waals surface area contributed by atoms with E-state index in [0.717, 1.165) is 95.7 Å². The Morgan fingerprint density at radius 1 is 0.727 bits per heavy atom. The highest BCUT2D eigenvalue weighted by Crippen LogP contribution is 2.48. The monoisotopic (exact) mass is 766 g/mol. The smallest absolute Gasteiger partial charge is 0.249 e. The molecular formula is C46H75N3O6. The molecule has 7 fully saturated rings. The van der Waals surface area contributed by atoms with E-state index in [9.17, 15) is 19.5 Å². The third-order valence-electron chi connectivity index (χ3n) is 15.8. The molecule has 2 heterocycles. The number of nitrogens with zero attached hydrogens (tertiary/aromatic N) is 1. The Morgan fingerprint density at radius 3 is 2.11 bits per heavy atom. The summed E-state index contributed by atoms with van der Waals surface area (Å²) in [5.74, 6) is 3.29. The molecule has 7 unspecified atom stereocenters. The van der Waals surface area contributed by atoms with E-state index in [1.807, 2.05) is 11.1 Å². The molecule has 2 aliphatic heterocycles. The van der Waals surface area contributed by atoms with Crippen LogP contribution in [0.1, 0.15) is 167 Å². The summed E-state index contributed by atoms with van der Waals surface area (Å²) in [7, 11) is 0. The fraction of sp³-hybridized carbons (Fsp3) is 0.891. The van der Waals surface area contributed by atoms with E-state index < -0.39 is 6.04 Å². The van der Waals surface area contributed by atoms with E-state index in [-0.39, 0.29) is 41.9 Å². The highest BCUT2D eigenvalue weighted by Gasteiger charge is 2.49. The fourth-order valence-corrected chi connectivity index (χ4v) is 12.7. The molecule has 0 spiro atoms. The SMILES string of the molecule is CC/C(=C(\C1CCC(O)CC1)C1CCC(OCCCCCOC2CC(C3CCC4C(=O)N(C5CCC(=O)NC5=O)CC4C3)CCC2N)CC1)C1CCCCC1. The van der Waals surface area contributed by atoms with Crippen molar-refractivity contribution in [3.05, 3.63) is 11.1 Å². The van der Waals surface area contributed by atoms with Crippen molar-refractivity contribution in [2.24, 2.45) is 47.2 Å². The molecule has 4 N–H and O–H groups in total. The Morgan fingerprint density at radius 2 is 1.40 bits per heavy atom. The van der Waals surface area contributed by atoms with E-state index in [1.165, 1.54) is 77.0 Å². The van der Waals surface area contributed by atoms with Crippen molar-refractivity contribution >= 4 is 17.7 Å². The van der Waals surface area contributed by atoms with Crippen molar-refractivity contribution in [2.45, 2.75) is 198 Å². The Bertz CT molecular complexity index is 1310. The highest BCUT2D eigenvalue weighted by molar-refractivity contribution is 6.02. The molecule has 9 nitrogen and oxygen atoms in total. The van der Waals surface area contributed by atoms with Gasteiger partial charge in [-0.25, -0.2) is 0 Å². The molecule has 2 saturated heterocycles. The van der Waals surface area contributed by atoms with Gasteiger partial charge in [-0.2, -0.15) is 0 Å². The van der Waals surface area contributed by atoms with Crippen molar-refractivity contribution in [3.63, 3.8) is 0 Å². The Balaban J connectivity index is 0.796. The number of likely N-dealkylation sites (tertiary alicyclic amines) is 1. The Hall–Kier alpha value is -1.81. The van der Waals surface area contributed by atoms with Gasteiger partial charge in [-0.05, 0) is 170 Å². The van der Waals surface area contributed by atoms with Gasteiger partial charge in [0.2, 0.25) is 17.7 Å². The average molecular weight is 766 g/mol. The van der Waals surface area contributed by atoms with Crippen molar-refractivity contribution in [3.8, 4) is 0 Å². The van der Waals surface area contributed by atoms with Gasteiger partial charge in [0.15, 0.2) is 0 Å². The summed E-state index contributed by atoms with van der Waals surface area (Å²) in [6.07, 6.45) is 28.0. The minimum atomic E-state index is -0.490. The third-order valence-corrected chi connectivity index (χ3v) is 15.8. The molecule has 55 heavy (non-hydrogen) atoms. The van der Waals surface area contributed by atoms with Gasteiger partial charge >= 0.3 is 0 Å². The van der Waals surface area contributed by atoms with Crippen LogP contribution in [-0.4, -0.2) is 77.9 Å². The van der Waals surface area contributed by atoms with Crippen LogP contribution in [0.4, 0.5) is 0 Å². The van der Waals surface area contributed by atoms with E-state index in [1.54, 1.807) is 4.90 Å². The second-order valence-corrected chi connectivity index (χ2v) is 19.1. The number of aliphatic hydroxyl groups excluding tert-OH is 1. The Kier molecular flexibility index (Phi) is 14.9. The number of nitrogens with two attached hydrogens (primary N) is 1. The van der Waals surface area contributed by atoms with E-state index in [4.69, 9.17) is 15.2 Å². The lowest BCUT2D eigenvalue weighted by Crippen LogP contribution is -2.53. The maximum atomic E-state index is 13.3. The molecule has 0 aromatic rings. The molecule has 5 saturated carbocycles. The van der Waals surface area contributed by atoms with Crippen molar-refractivity contribution in [1.29, 1.82) is 0 Å². The van der Waals surface area contributed by atoms with Gasteiger partial charge in [-0.1, -0.05) is 37.3 Å². The van der Waals surface area contributed by atoms with Gasteiger partial charge in [0.1, 0.15) is 6.04 Å². The number of aliphatic hydroxyl groups is 1. The zero-order valence-corrected chi connectivity index (χ0v) is 34.2. The molecule has 0 aromatic heterocycles. The maximum absolute atomic E-state index is 13.3. The number of amides is 3. The fourth-order valence-electron chi connectivity index (χ4n) is 12.7. The maximum Gasteiger partial charge on any atom is 0.249 e. The highest BCUT2D eigenvalue weighted by atomic mass is 16.5. The molecule has 310 valence electrons. The topological polar surface area (TPSA) is 131 Å². The molecule has 5 aliphatic carbocycles. The first-order chi connectivity index (χ1) is 26.8. The summed E-state index contributed by atoms with van der Waals surface area (Å²) in [6.45, 7) is 4.67. The molecule has 0 radical (unpaired) electrons. The lowest BCUT2D eigenvalue weighted by molar-refractivity contribution is -0.144. The van der Waals surface area contributed by atoms with Crippen molar-refractivity contribution < 1.29 is 29.0 Å². The van der Waals surface area contributed by atoms with Gasteiger partial charge in [-0.3, -0.25) is 19.7 Å². The van der Waals surface area contributed by atoms with Gasteiger partial charge in [0.05, 0.1) is 18.3 Å². The van der Waals surface area contributed by atoms with Crippen LogP contribution in [0, 0.1) is 41.4 Å². The molecule has 0 bridgehead atoms. The van der Waals surface area contributed by atoms with Gasteiger partial charge in [0.25, 0.3) is 0 Å². The number of piperidine rings is 1. The predicted molar refractivity (Wildman–Crippen MR) is 215 cm³/mol. The van der Waals surface area contributed by atoms with Crippen LogP contribution in [-0.2, 0) is 23.9 Å². The van der Waals surface area contributed by atoms with Crippen LogP contribution in [0.5, 0.6) is 0 Å². The first kappa shape index (κ1) is 41.4. The number of carbonyl (C=O) groups is 3. The van der Waals surface area contributed by atoms with Crippen molar-refractivity contribution in [2.75, 3.05) is 19.8 Å². The second kappa shape index (κ2) is 19.8. The van der Waals surface area contributed by atoms with Crippen LogP contribution < -0.4 is 11.1 Å². The number of imide groups is 1.